The van der Waals surface area contributed by atoms with Crippen LogP contribution in [-0.2, 0) is 9.53 Å². The SMILES string of the molecule is O=C(C1C=CN1)C1CNCCO1. The summed E-state index contributed by atoms with van der Waals surface area (Å²) in [6, 6.07) is -0.116. The van der Waals surface area contributed by atoms with Crippen LogP contribution < -0.4 is 10.6 Å². The number of Topliss-reactive ketones (excluding diaryl/α,β-unsaturated/α-hetero) is 1. The lowest BCUT2D eigenvalue weighted by atomic mass is 10.0. The van der Waals surface area contributed by atoms with E-state index in [-0.39, 0.29) is 17.9 Å². The molecule has 66 valence electrons. The molecule has 2 N–H and O–H groups in total. The van der Waals surface area contributed by atoms with Gasteiger partial charge in [-0.05, 0) is 12.3 Å². The number of carbonyl (C=O) groups excluding carboxylic acids is 1. The summed E-state index contributed by atoms with van der Waals surface area (Å²) >= 11 is 0. The summed E-state index contributed by atoms with van der Waals surface area (Å²) in [6.45, 7) is 2.12. The average Bonchev–Trinajstić information content (AvgIpc) is 2.03. The van der Waals surface area contributed by atoms with Crippen LogP contribution in [0, 0.1) is 0 Å². The first kappa shape index (κ1) is 7.76. The highest BCUT2D eigenvalue weighted by Gasteiger charge is 2.29. The summed E-state index contributed by atoms with van der Waals surface area (Å²) in [6.07, 6.45) is 3.36. The maximum Gasteiger partial charge on any atom is 0.188 e. The van der Waals surface area contributed by atoms with Gasteiger partial charge in [-0.25, -0.2) is 0 Å². The fourth-order valence-electron chi connectivity index (χ4n) is 1.32. The first-order valence-electron chi connectivity index (χ1n) is 4.17. The van der Waals surface area contributed by atoms with Crippen molar-refractivity contribution >= 4 is 5.78 Å². The molecule has 2 heterocycles. The minimum Gasteiger partial charge on any atom is -0.378 e. The van der Waals surface area contributed by atoms with E-state index in [0.29, 0.717) is 13.2 Å². The van der Waals surface area contributed by atoms with Crippen molar-refractivity contribution in [3.63, 3.8) is 0 Å². The van der Waals surface area contributed by atoms with Gasteiger partial charge in [0.1, 0.15) is 12.1 Å². The summed E-state index contributed by atoms with van der Waals surface area (Å²) in [5.74, 6) is 0.129. The van der Waals surface area contributed by atoms with Gasteiger partial charge in [0.2, 0.25) is 0 Å². The lowest BCUT2D eigenvalue weighted by molar-refractivity contribution is -0.133. The van der Waals surface area contributed by atoms with Crippen LogP contribution in [0.1, 0.15) is 0 Å². The summed E-state index contributed by atoms with van der Waals surface area (Å²) in [5, 5.41) is 6.03. The third-order valence-electron chi connectivity index (χ3n) is 2.12. The van der Waals surface area contributed by atoms with Crippen LogP contribution >= 0.6 is 0 Å². The molecule has 1 saturated heterocycles. The van der Waals surface area contributed by atoms with Crippen LogP contribution in [0.25, 0.3) is 0 Å². The molecule has 0 amide bonds. The topological polar surface area (TPSA) is 50.4 Å². The standard InChI is InChI=1S/C8H12N2O2/c11-8(6-1-2-10-6)7-5-9-3-4-12-7/h1-2,6-7,9-10H,3-5H2. The fourth-order valence-corrected chi connectivity index (χ4v) is 1.32. The quantitative estimate of drug-likeness (QED) is 0.557. The van der Waals surface area contributed by atoms with E-state index >= 15 is 0 Å². The number of rotatable bonds is 2. The zero-order valence-corrected chi connectivity index (χ0v) is 6.75. The molecule has 0 aromatic rings. The Kier molecular flexibility index (Phi) is 2.10. The van der Waals surface area contributed by atoms with E-state index in [2.05, 4.69) is 10.6 Å². The second kappa shape index (κ2) is 3.25. The second-order valence-electron chi connectivity index (χ2n) is 2.97. The minimum absolute atomic E-state index is 0.116. The number of morpholine rings is 1. The number of hydrogen-bond donors (Lipinski definition) is 2. The number of carbonyl (C=O) groups is 1. The smallest absolute Gasteiger partial charge is 0.188 e. The normalized spacial score (nSPS) is 33.7. The number of ketones is 1. The molecule has 2 unspecified atom stereocenters. The molecule has 0 spiro atoms. The Bertz CT molecular complexity index is 209. The molecule has 0 aliphatic carbocycles. The number of hydrogen-bond acceptors (Lipinski definition) is 4. The first-order valence-corrected chi connectivity index (χ1v) is 4.17. The van der Waals surface area contributed by atoms with Crippen LogP contribution in [0.3, 0.4) is 0 Å². The average molecular weight is 168 g/mol. The zero-order valence-electron chi connectivity index (χ0n) is 6.75. The van der Waals surface area contributed by atoms with Crippen molar-refractivity contribution in [1.82, 2.24) is 10.6 Å². The van der Waals surface area contributed by atoms with E-state index in [9.17, 15) is 4.79 Å². The molecule has 4 nitrogen and oxygen atoms in total. The molecule has 0 aromatic carbocycles. The summed E-state index contributed by atoms with van der Waals surface area (Å²) in [4.78, 5) is 11.5. The van der Waals surface area contributed by atoms with E-state index < -0.39 is 0 Å². The van der Waals surface area contributed by atoms with E-state index in [1.54, 1.807) is 6.20 Å². The summed E-state index contributed by atoms with van der Waals surface area (Å²) in [7, 11) is 0. The molecule has 0 radical (unpaired) electrons. The van der Waals surface area contributed by atoms with Gasteiger partial charge in [-0.3, -0.25) is 4.79 Å². The third-order valence-corrected chi connectivity index (χ3v) is 2.12. The predicted molar refractivity (Wildman–Crippen MR) is 43.7 cm³/mol. The van der Waals surface area contributed by atoms with Gasteiger partial charge in [-0.15, -0.1) is 0 Å². The molecule has 2 atom stereocenters. The third kappa shape index (κ3) is 1.35. The van der Waals surface area contributed by atoms with E-state index in [0.717, 1.165) is 6.54 Å². The van der Waals surface area contributed by atoms with Gasteiger partial charge in [-0.2, -0.15) is 0 Å². The Morgan fingerprint density at radius 1 is 1.58 bits per heavy atom. The van der Waals surface area contributed by atoms with Crippen molar-refractivity contribution < 1.29 is 9.53 Å². The molecular formula is C8H12N2O2. The Balaban J connectivity index is 1.89. The van der Waals surface area contributed by atoms with Crippen LogP contribution in [-0.4, -0.2) is 37.6 Å². The highest BCUT2D eigenvalue weighted by Crippen LogP contribution is 2.06. The lowest BCUT2D eigenvalue weighted by Crippen LogP contribution is -2.51. The highest BCUT2D eigenvalue weighted by atomic mass is 16.5. The molecule has 0 bridgehead atoms. The van der Waals surface area contributed by atoms with Gasteiger partial charge < -0.3 is 15.4 Å². The van der Waals surface area contributed by atoms with Gasteiger partial charge in [0.15, 0.2) is 5.78 Å². The Labute approximate surface area is 71.0 Å². The van der Waals surface area contributed by atoms with Gasteiger partial charge in [0, 0.05) is 13.1 Å². The Morgan fingerprint density at radius 3 is 2.92 bits per heavy atom. The zero-order chi connectivity index (χ0) is 8.39. The highest BCUT2D eigenvalue weighted by molar-refractivity contribution is 5.91. The van der Waals surface area contributed by atoms with Crippen molar-refractivity contribution in [2.24, 2.45) is 0 Å². The largest absolute Gasteiger partial charge is 0.378 e. The van der Waals surface area contributed by atoms with Crippen molar-refractivity contribution in [3.8, 4) is 0 Å². The van der Waals surface area contributed by atoms with Gasteiger partial charge in [-0.1, -0.05) is 0 Å². The van der Waals surface area contributed by atoms with Crippen LogP contribution in [0.2, 0.25) is 0 Å². The van der Waals surface area contributed by atoms with Crippen LogP contribution in [0.5, 0.6) is 0 Å². The first-order chi connectivity index (χ1) is 5.88. The van der Waals surface area contributed by atoms with Gasteiger partial charge in [0.05, 0.1) is 6.61 Å². The molecule has 0 saturated carbocycles. The number of ether oxygens (including phenoxy) is 1. The molecular weight excluding hydrogens is 156 g/mol. The van der Waals surface area contributed by atoms with E-state index in [1.165, 1.54) is 0 Å². The Morgan fingerprint density at radius 2 is 2.42 bits per heavy atom. The minimum atomic E-state index is -0.263. The monoisotopic (exact) mass is 168 g/mol. The van der Waals surface area contributed by atoms with E-state index in [4.69, 9.17) is 4.74 Å². The molecule has 1 fully saturated rings. The van der Waals surface area contributed by atoms with Crippen molar-refractivity contribution in [1.29, 1.82) is 0 Å². The van der Waals surface area contributed by atoms with Crippen molar-refractivity contribution in [3.05, 3.63) is 12.3 Å². The maximum absolute atomic E-state index is 11.5. The maximum atomic E-state index is 11.5. The summed E-state index contributed by atoms with van der Waals surface area (Å²) in [5.41, 5.74) is 0. The molecule has 2 aliphatic heterocycles. The molecule has 2 aliphatic rings. The molecule has 2 rings (SSSR count). The predicted octanol–water partition coefficient (Wildman–Crippen LogP) is -0.971. The summed E-state index contributed by atoms with van der Waals surface area (Å²) < 4.78 is 5.31. The second-order valence-corrected chi connectivity index (χ2v) is 2.97. The fraction of sp³-hybridized carbons (Fsp3) is 0.625. The van der Waals surface area contributed by atoms with Crippen LogP contribution in [0.15, 0.2) is 12.3 Å². The lowest BCUT2D eigenvalue weighted by Gasteiger charge is -2.27. The molecule has 4 heteroatoms. The molecule has 12 heavy (non-hydrogen) atoms. The molecule has 0 aromatic heterocycles. The van der Waals surface area contributed by atoms with Crippen LogP contribution in [0.4, 0.5) is 0 Å². The van der Waals surface area contributed by atoms with Gasteiger partial charge in [0.25, 0.3) is 0 Å². The van der Waals surface area contributed by atoms with Gasteiger partial charge >= 0.3 is 0 Å². The van der Waals surface area contributed by atoms with Crippen molar-refractivity contribution in [2.75, 3.05) is 19.7 Å². The number of nitrogens with one attached hydrogen (secondary N) is 2. The van der Waals surface area contributed by atoms with E-state index in [1.807, 2.05) is 6.08 Å². The van der Waals surface area contributed by atoms with Crippen molar-refractivity contribution in [2.45, 2.75) is 12.1 Å². The Hall–Kier alpha value is -0.870.